The largest absolute Gasteiger partial charge is 0.497 e. The summed E-state index contributed by atoms with van der Waals surface area (Å²) in [7, 11) is -2.35. The summed E-state index contributed by atoms with van der Waals surface area (Å²) >= 11 is 0. The van der Waals surface area contributed by atoms with Gasteiger partial charge in [-0.05, 0) is 80.2 Å². The molecule has 0 aromatic heterocycles. The standard InChI is InChI=1S/C24H33N3O4S/c1-18(2)23(26-32(29,30)22-12-10-21(31-3)11-13-22)24(28)25-20-8-6-19(7-9-20)14-17-27-15-4-5-16-27/h6-13,18,23,26H,4-5,14-17H2,1-3H3,(H,25,28)/t23-/m0/s1. The lowest BCUT2D eigenvalue weighted by atomic mass is 10.0. The summed E-state index contributed by atoms with van der Waals surface area (Å²) in [6.07, 6.45) is 3.54. The number of benzene rings is 2. The smallest absolute Gasteiger partial charge is 0.242 e. The summed E-state index contributed by atoms with van der Waals surface area (Å²) in [6.45, 7) is 7.02. The maximum Gasteiger partial charge on any atom is 0.242 e. The Morgan fingerprint density at radius 2 is 1.66 bits per heavy atom. The van der Waals surface area contributed by atoms with Crippen LogP contribution in [-0.4, -0.2) is 52.0 Å². The van der Waals surface area contributed by atoms with Crippen molar-refractivity contribution in [3.8, 4) is 5.75 Å². The molecule has 0 unspecified atom stereocenters. The highest BCUT2D eigenvalue weighted by Crippen LogP contribution is 2.18. The van der Waals surface area contributed by atoms with E-state index < -0.39 is 16.1 Å². The molecule has 1 aliphatic heterocycles. The number of carbonyl (C=O) groups excluding carboxylic acids is 1. The predicted octanol–water partition coefficient (Wildman–Crippen LogP) is 3.28. The Labute approximate surface area is 191 Å². The Balaban J connectivity index is 1.61. The first-order chi connectivity index (χ1) is 15.3. The average Bonchev–Trinajstić information content (AvgIpc) is 3.30. The first kappa shape index (κ1) is 24.2. The number of nitrogens with zero attached hydrogens (tertiary/aromatic N) is 1. The van der Waals surface area contributed by atoms with Crippen LogP contribution in [0.1, 0.15) is 32.3 Å². The maximum atomic E-state index is 12.9. The van der Waals surface area contributed by atoms with Gasteiger partial charge in [-0.3, -0.25) is 4.79 Å². The minimum atomic E-state index is -3.86. The normalized spacial score (nSPS) is 15.6. The number of carbonyl (C=O) groups is 1. The molecular formula is C24H33N3O4S. The van der Waals surface area contributed by atoms with E-state index in [-0.39, 0.29) is 16.7 Å². The number of amides is 1. The summed E-state index contributed by atoms with van der Waals surface area (Å²) in [6, 6.07) is 12.9. The van der Waals surface area contributed by atoms with Crippen LogP contribution in [0.25, 0.3) is 0 Å². The summed E-state index contributed by atoms with van der Waals surface area (Å²) in [5.41, 5.74) is 1.87. The summed E-state index contributed by atoms with van der Waals surface area (Å²) < 4.78 is 33.2. The summed E-state index contributed by atoms with van der Waals surface area (Å²) in [5.74, 6) is -0.0596. The fourth-order valence-corrected chi connectivity index (χ4v) is 5.09. The molecule has 8 heteroatoms. The van der Waals surface area contributed by atoms with Crippen molar-refractivity contribution in [2.45, 2.75) is 44.0 Å². The van der Waals surface area contributed by atoms with E-state index in [0.717, 1.165) is 13.0 Å². The predicted molar refractivity (Wildman–Crippen MR) is 126 cm³/mol. The van der Waals surface area contributed by atoms with Gasteiger partial charge in [-0.2, -0.15) is 4.72 Å². The number of anilines is 1. The molecule has 0 saturated carbocycles. The fraction of sp³-hybridized carbons (Fsp3) is 0.458. The molecule has 0 radical (unpaired) electrons. The fourth-order valence-electron chi connectivity index (χ4n) is 3.75. The van der Waals surface area contributed by atoms with Gasteiger partial charge in [-0.1, -0.05) is 26.0 Å². The van der Waals surface area contributed by atoms with Crippen molar-refractivity contribution in [2.75, 3.05) is 32.1 Å². The van der Waals surface area contributed by atoms with Crippen molar-refractivity contribution in [2.24, 2.45) is 5.92 Å². The molecule has 3 rings (SSSR count). The van der Waals surface area contributed by atoms with Crippen LogP contribution >= 0.6 is 0 Å². The minimum Gasteiger partial charge on any atom is -0.497 e. The first-order valence-corrected chi connectivity index (χ1v) is 12.6. The molecule has 1 aliphatic rings. The number of hydrogen-bond acceptors (Lipinski definition) is 5. The second-order valence-corrected chi connectivity index (χ2v) is 10.2. The zero-order valence-corrected chi connectivity index (χ0v) is 19.8. The van der Waals surface area contributed by atoms with Crippen LogP contribution in [0.15, 0.2) is 53.4 Å². The highest BCUT2D eigenvalue weighted by atomic mass is 32.2. The van der Waals surface area contributed by atoms with Crippen molar-refractivity contribution in [3.05, 3.63) is 54.1 Å². The van der Waals surface area contributed by atoms with Crippen LogP contribution in [0.4, 0.5) is 5.69 Å². The lowest BCUT2D eigenvalue weighted by molar-refractivity contribution is -0.118. The topological polar surface area (TPSA) is 87.7 Å². The van der Waals surface area contributed by atoms with E-state index in [2.05, 4.69) is 14.9 Å². The number of hydrogen-bond donors (Lipinski definition) is 2. The quantitative estimate of drug-likeness (QED) is 0.569. The SMILES string of the molecule is COc1ccc(S(=O)(=O)N[C@H](C(=O)Nc2ccc(CCN3CCCC3)cc2)C(C)C)cc1. The minimum absolute atomic E-state index is 0.0825. The third-order valence-electron chi connectivity index (χ3n) is 5.74. The van der Waals surface area contributed by atoms with Crippen molar-refractivity contribution in [1.82, 2.24) is 9.62 Å². The Morgan fingerprint density at radius 1 is 1.03 bits per heavy atom. The van der Waals surface area contributed by atoms with Crippen LogP contribution in [0.5, 0.6) is 5.75 Å². The molecular weight excluding hydrogens is 426 g/mol. The van der Waals surface area contributed by atoms with Crippen molar-refractivity contribution in [1.29, 1.82) is 0 Å². The van der Waals surface area contributed by atoms with Gasteiger partial charge in [0, 0.05) is 12.2 Å². The maximum absolute atomic E-state index is 12.9. The van der Waals surface area contributed by atoms with Crippen molar-refractivity contribution < 1.29 is 17.9 Å². The number of likely N-dealkylation sites (tertiary alicyclic amines) is 1. The van der Waals surface area contributed by atoms with E-state index in [1.54, 1.807) is 12.1 Å². The van der Waals surface area contributed by atoms with Gasteiger partial charge in [0.1, 0.15) is 11.8 Å². The van der Waals surface area contributed by atoms with Crippen molar-refractivity contribution in [3.63, 3.8) is 0 Å². The summed E-state index contributed by atoms with van der Waals surface area (Å²) in [4.78, 5) is 15.4. The van der Waals surface area contributed by atoms with Crippen molar-refractivity contribution >= 4 is 21.6 Å². The van der Waals surface area contributed by atoms with E-state index in [9.17, 15) is 13.2 Å². The second-order valence-electron chi connectivity index (χ2n) is 8.50. The molecule has 2 N–H and O–H groups in total. The lowest BCUT2D eigenvalue weighted by Crippen LogP contribution is -2.47. The third-order valence-corrected chi connectivity index (χ3v) is 7.19. The third kappa shape index (κ3) is 6.54. The van der Waals surface area contributed by atoms with E-state index in [4.69, 9.17) is 4.74 Å². The molecule has 1 heterocycles. The van der Waals surface area contributed by atoms with E-state index in [0.29, 0.717) is 11.4 Å². The van der Waals surface area contributed by atoms with Crippen LogP contribution < -0.4 is 14.8 Å². The average molecular weight is 460 g/mol. The van der Waals surface area contributed by atoms with Gasteiger partial charge in [0.05, 0.1) is 12.0 Å². The van der Waals surface area contributed by atoms with E-state index in [1.165, 1.54) is 50.7 Å². The lowest BCUT2D eigenvalue weighted by Gasteiger charge is -2.22. The van der Waals surface area contributed by atoms with Gasteiger partial charge in [0.25, 0.3) is 0 Å². The Kier molecular flexibility index (Phi) is 8.28. The van der Waals surface area contributed by atoms with E-state index in [1.807, 2.05) is 38.1 Å². The molecule has 32 heavy (non-hydrogen) atoms. The molecule has 7 nitrogen and oxygen atoms in total. The summed E-state index contributed by atoms with van der Waals surface area (Å²) in [5, 5.41) is 2.84. The molecule has 0 spiro atoms. The molecule has 174 valence electrons. The first-order valence-electron chi connectivity index (χ1n) is 11.1. The van der Waals surface area contributed by atoms with Crippen LogP contribution in [0, 0.1) is 5.92 Å². The van der Waals surface area contributed by atoms with Gasteiger partial charge in [0.15, 0.2) is 0 Å². The van der Waals surface area contributed by atoms with Gasteiger partial charge in [-0.15, -0.1) is 0 Å². The Hall–Kier alpha value is -2.42. The zero-order chi connectivity index (χ0) is 23.1. The van der Waals surface area contributed by atoms with Crippen LogP contribution in [0.3, 0.4) is 0 Å². The molecule has 0 bridgehead atoms. The number of methoxy groups -OCH3 is 1. The number of nitrogens with one attached hydrogen (secondary N) is 2. The molecule has 1 fully saturated rings. The van der Waals surface area contributed by atoms with Gasteiger partial charge in [-0.25, -0.2) is 8.42 Å². The molecule has 0 aliphatic carbocycles. The van der Waals surface area contributed by atoms with Gasteiger partial charge >= 0.3 is 0 Å². The molecule has 1 saturated heterocycles. The number of sulfonamides is 1. The second kappa shape index (κ2) is 10.9. The number of rotatable bonds is 10. The Morgan fingerprint density at radius 3 is 2.22 bits per heavy atom. The van der Waals surface area contributed by atoms with Gasteiger partial charge in [0.2, 0.25) is 15.9 Å². The highest BCUT2D eigenvalue weighted by Gasteiger charge is 2.28. The Bertz CT molecular complexity index is 983. The molecule has 2 aromatic rings. The molecule has 1 amide bonds. The van der Waals surface area contributed by atoms with E-state index >= 15 is 0 Å². The van der Waals surface area contributed by atoms with Gasteiger partial charge < -0.3 is 15.0 Å². The zero-order valence-electron chi connectivity index (χ0n) is 19.0. The van der Waals surface area contributed by atoms with Crippen LogP contribution in [0.2, 0.25) is 0 Å². The van der Waals surface area contributed by atoms with Crippen LogP contribution in [-0.2, 0) is 21.2 Å². The monoisotopic (exact) mass is 459 g/mol. The molecule has 1 atom stereocenters. The number of ether oxygens (including phenoxy) is 1. The molecule has 2 aromatic carbocycles. The highest BCUT2D eigenvalue weighted by molar-refractivity contribution is 7.89.